The Labute approximate surface area is 146 Å². The molecule has 0 amide bonds. The fourth-order valence-corrected chi connectivity index (χ4v) is 1.91. The lowest BCUT2D eigenvalue weighted by molar-refractivity contribution is -0.385. The van der Waals surface area contributed by atoms with Gasteiger partial charge in [0.15, 0.2) is 12.6 Å². The van der Waals surface area contributed by atoms with E-state index in [1.54, 1.807) is 0 Å². The molecule has 2 N–H and O–H groups in total. The van der Waals surface area contributed by atoms with Crippen LogP contribution in [0.25, 0.3) is 0 Å². The molecule has 0 spiro atoms. The van der Waals surface area contributed by atoms with E-state index in [1.165, 1.54) is 30.3 Å². The summed E-state index contributed by atoms with van der Waals surface area (Å²) in [6.07, 6.45) is 0.893. The van der Waals surface area contributed by atoms with Crippen molar-refractivity contribution in [3.8, 4) is 0 Å². The zero-order valence-electron chi connectivity index (χ0n) is 13.3. The third kappa shape index (κ3) is 5.26. The van der Waals surface area contributed by atoms with Gasteiger partial charge in [-0.2, -0.15) is 0 Å². The van der Waals surface area contributed by atoms with Gasteiger partial charge in [0, 0.05) is 35.4 Å². The van der Waals surface area contributed by atoms with E-state index in [2.05, 4.69) is 0 Å². The number of nitro benzene ring substituents is 2. The minimum absolute atomic E-state index is 0.0317. The largest absolute Gasteiger partial charge is 0.392 e. The summed E-state index contributed by atoms with van der Waals surface area (Å²) in [5.74, 6) is 0. The van der Waals surface area contributed by atoms with Crippen LogP contribution in [0.4, 0.5) is 11.4 Å². The van der Waals surface area contributed by atoms with E-state index in [1.807, 2.05) is 0 Å². The number of aliphatic hydroxyl groups excluding tert-OH is 2. The van der Waals surface area contributed by atoms with Gasteiger partial charge in [-0.15, -0.1) is 0 Å². The van der Waals surface area contributed by atoms with Crippen LogP contribution in [0, 0.1) is 20.2 Å². The monoisotopic (exact) mass is 362 g/mol. The molecular weight excluding hydrogens is 348 g/mol. The minimum atomic E-state index is -0.623. The Morgan fingerprint density at radius 3 is 1.73 bits per heavy atom. The summed E-state index contributed by atoms with van der Waals surface area (Å²) in [6, 6.07) is 7.47. The highest BCUT2D eigenvalue weighted by atomic mass is 16.6. The maximum atomic E-state index is 10.4. The molecular formula is C16H14N2O8. The Kier molecular flexibility index (Phi) is 7.67. The lowest BCUT2D eigenvalue weighted by atomic mass is 10.1. The van der Waals surface area contributed by atoms with Crippen LogP contribution >= 0.6 is 0 Å². The molecule has 26 heavy (non-hydrogen) atoms. The third-order valence-electron chi connectivity index (χ3n) is 3.28. The predicted octanol–water partition coefficient (Wildman–Crippen LogP) is 1.80. The van der Waals surface area contributed by atoms with E-state index in [0.717, 1.165) is 6.07 Å². The Hall–Kier alpha value is -3.50. The van der Waals surface area contributed by atoms with Crippen LogP contribution < -0.4 is 0 Å². The van der Waals surface area contributed by atoms with Crippen LogP contribution in [0.3, 0.4) is 0 Å². The van der Waals surface area contributed by atoms with E-state index in [0.29, 0.717) is 23.7 Å². The normalized spacial score (nSPS) is 9.62. The van der Waals surface area contributed by atoms with Crippen molar-refractivity contribution in [3.63, 3.8) is 0 Å². The Bertz CT molecular complexity index is 835. The van der Waals surface area contributed by atoms with Gasteiger partial charge in [-0.25, -0.2) is 0 Å². The minimum Gasteiger partial charge on any atom is -0.392 e. The van der Waals surface area contributed by atoms with Crippen molar-refractivity contribution in [3.05, 3.63) is 78.9 Å². The molecule has 2 aromatic rings. The zero-order chi connectivity index (χ0) is 19.7. The van der Waals surface area contributed by atoms with Gasteiger partial charge in [0.2, 0.25) is 0 Å². The second kappa shape index (κ2) is 9.71. The highest BCUT2D eigenvalue weighted by molar-refractivity contribution is 5.91. The van der Waals surface area contributed by atoms with Crippen LogP contribution in [0.2, 0.25) is 0 Å². The summed E-state index contributed by atoms with van der Waals surface area (Å²) in [4.78, 5) is 40.2. The molecule has 0 saturated carbocycles. The number of nitro groups is 2. The molecule has 136 valence electrons. The topological polar surface area (TPSA) is 161 Å². The average molecular weight is 362 g/mol. The van der Waals surface area contributed by atoms with Crippen molar-refractivity contribution < 1.29 is 29.6 Å². The number of aldehydes is 2. The second-order valence-corrected chi connectivity index (χ2v) is 4.83. The fraction of sp³-hybridized carbons (Fsp3) is 0.125. The van der Waals surface area contributed by atoms with Crippen LogP contribution in [0.15, 0.2) is 36.4 Å². The van der Waals surface area contributed by atoms with E-state index >= 15 is 0 Å². The number of hydrogen-bond donors (Lipinski definition) is 2. The number of rotatable bonds is 6. The van der Waals surface area contributed by atoms with Gasteiger partial charge in [0.25, 0.3) is 11.4 Å². The summed E-state index contributed by atoms with van der Waals surface area (Å²) >= 11 is 0. The number of hydrogen-bond acceptors (Lipinski definition) is 8. The molecule has 0 saturated heterocycles. The molecule has 0 aliphatic heterocycles. The lowest BCUT2D eigenvalue weighted by Gasteiger charge is -2.02. The van der Waals surface area contributed by atoms with Crippen molar-refractivity contribution in [1.29, 1.82) is 0 Å². The molecule has 10 nitrogen and oxygen atoms in total. The SMILES string of the molecule is O=Cc1ccc([N+](=O)[O-])cc1C=O.O=[N+]([O-])c1ccc(CO)c(CO)c1. The first-order chi connectivity index (χ1) is 12.4. The van der Waals surface area contributed by atoms with Crippen molar-refractivity contribution >= 4 is 23.9 Å². The molecule has 0 heterocycles. The third-order valence-corrected chi connectivity index (χ3v) is 3.28. The van der Waals surface area contributed by atoms with E-state index < -0.39 is 9.85 Å². The number of aliphatic hydroxyl groups is 2. The Balaban J connectivity index is 0.000000260. The highest BCUT2D eigenvalue weighted by Gasteiger charge is 2.10. The molecule has 10 heteroatoms. The first-order valence-electron chi connectivity index (χ1n) is 7.04. The van der Waals surface area contributed by atoms with Gasteiger partial charge in [0.05, 0.1) is 23.1 Å². The molecule has 2 rings (SSSR count). The molecule has 2 aromatic carbocycles. The standard InChI is InChI=1S/C8H9NO4.C8H5NO4/c2*10-4-6-1-2-8(9(12)13)3-7(6)5-11/h1-3,10-11H,4-5H2;1-5H. The van der Waals surface area contributed by atoms with E-state index in [-0.39, 0.29) is 35.7 Å². The molecule has 0 bridgehead atoms. The molecule has 0 unspecified atom stereocenters. The van der Waals surface area contributed by atoms with Gasteiger partial charge in [-0.1, -0.05) is 0 Å². The van der Waals surface area contributed by atoms with Gasteiger partial charge >= 0.3 is 0 Å². The molecule has 0 fully saturated rings. The molecule has 0 aromatic heterocycles. The number of benzene rings is 2. The maximum Gasteiger partial charge on any atom is 0.270 e. The summed E-state index contributed by atoms with van der Waals surface area (Å²) in [6.45, 7) is -0.536. The average Bonchev–Trinajstić information content (AvgIpc) is 2.66. The highest BCUT2D eigenvalue weighted by Crippen LogP contribution is 2.18. The number of nitrogens with zero attached hydrogens (tertiary/aromatic N) is 2. The Morgan fingerprint density at radius 1 is 0.769 bits per heavy atom. The molecule has 0 aliphatic carbocycles. The quantitative estimate of drug-likeness (QED) is 0.446. The van der Waals surface area contributed by atoms with E-state index in [4.69, 9.17) is 10.2 Å². The van der Waals surface area contributed by atoms with E-state index in [9.17, 15) is 29.8 Å². The summed E-state index contributed by atoms with van der Waals surface area (Å²) in [7, 11) is 0. The van der Waals surface area contributed by atoms with Crippen molar-refractivity contribution in [1.82, 2.24) is 0 Å². The molecule has 0 aliphatic rings. The van der Waals surface area contributed by atoms with Gasteiger partial charge in [0.1, 0.15) is 0 Å². The number of carbonyl (C=O) groups is 2. The summed E-state index contributed by atoms with van der Waals surface area (Å²) in [5, 5.41) is 38.2. The molecule has 0 radical (unpaired) electrons. The zero-order valence-corrected chi connectivity index (χ0v) is 13.3. The van der Waals surface area contributed by atoms with Crippen molar-refractivity contribution in [2.24, 2.45) is 0 Å². The van der Waals surface area contributed by atoms with Crippen molar-refractivity contribution in [2.45, 2.75) is 13.2 Å². The van der Waals surface area contributed by atoms with Gasteiger partial charge < -0.3 is 10.2 Å². The van der Waals surface area contributed by atoms with Gasteiger partial charge in [-0.3, -0.25) is 29.8 Å². The first-order valence-corrected chi connectivity index (χ1v) is 7.04. The van der Waals surface area contributed by atoms with Crippen molar-refractivity contribution in [2.75, 3.05) is 0 Å². The fourth-order valence-electron chi connectivity index (χ4n) is 1.91. The van der Waals surface area contributed by atoms with Crippen LogP contribution in [0.5, 0.6) is 0 Å². The summed E-state index contributed by atoms with van der Waals surface area (Å²) < 4.78 is 0. The van der Waals surface area contributed by atoms with Gasteiger partial charge in [-0.05, 0) is 23.3 Å². The lowest BCUT2D eigenvalue weighted by Crippen LogP contribution is -1.96. The van der Waals surface area contributed by atoms with Crippen LogP contribution in [0.1, 0.15) is 31.8 Å². The van der Waals surface area contributed by atoms with Crippen LogP contribution in [-0.2, 0) is 13.2 Å². The predicted molar refractivity (Wildman–Crippen MR) is 88.8 cm³/mol. The number of carbonyl (C=O) groups excluding carboxylic acids is 2. The summed E-state index contributed by atoms with van der Waals surface area (Å²) in [5.41, 5.74) is 0.795. The molecule has 0 atom stereocenters. The van der Waals surface area contributed by atoms with Crippen LogP contribution in [-0.4, -0.2) is 32.6 Å². The number of non-ortho nitro benzene ring substituents is 2. The first kappa shape index (κ1) is 20.5. The smallest absolute Gasteiger partial charge is 0.270 e. The Morgan fingerprint density at radius 2 is 1.27 bits per heavy atom. The maximum absolute atomic E-state index is 10.4. The second-order valence-electron chi connectivity index (χ2n) is 4.83.